The molecule has 2 rings (SSSR count). The van der Waals surface area contributed by atoms with Crippen molar-refractivity contribution in [3.8, 4) is 16.9 Å². The topological polar surface area (TPSA) is 89.7 Å². The highest BCUT2D eigenvalue weighted by molar-refractivity contribution is 5.97. The molecule has 0 spiro atoms. The highest BCUT2D eigenvalue weighted by Gasteiger charge is 2.23. The van der Waals surface area contributed by atoms with Gasteiger partial charge in [0.15, 0.2) is 0 Å². The number of nitrogens with zero attached hydrogens (tertiary/aromatic N) is 1. The first-order valence-corrected chi connectivity index (χ1v) is 5.80. The standard InChI is InChI=1S/C14H10FNO5/c1-21-13-5-3-2-4-8(13)9-6-11(15)12(16(19)20)7-10(9)14(17)18/h2-7H,1H3,(H,17,18). The van der Waals surface area contributed by atoms with Crippen LogP contribution in [0.1, 0.15) is 10.4 Å². The zero-order valence-corrected chi connectivity index (χ0v) is 10.9. The van der Waals surface area contributed by atoms with Crippen LogP contribution in [0.15, 0.2) is 36.4 Å². The Labute approximate surface area is 118 Å². The summed E-state index contributed by atoms with van der Waals surface area (Å²) in [7, 11) is 1.39. The minimum Gasteiger partial charge on any atom is -0.496 e. The summed E-state index contributed by atoms with van der Waals surface area (Å²) in [5.41, 5.74) is -0.895. The molecule has 0 saturated heterocycles. The van der Waals surface area contributed by atoms with E-state index >= 15 is 0 Å². The molecule has 0 atom stereocenters. The third-order valence-corrected chi connectivity index (χ3v) is 2.91. The molecule has 0 heterocycles. The molecular weight excluding hydrogens is 281 g/mol. The van der Waals surface area contributed by atoms with Gasteiger partial charge in [0.25, 0.3) is 0 Å². The lowest BCUT2D eigenvalue weighted by Gasteiger charge is -2.11. The van der Waals surface area contributed by atoms with Crippen molar-refractivity contribution < 1.29 is 24.0 Å². The van der Waals surface area contributed by atoms with Crippen molar-refractivity contribution in [2.45, 2.75) is 0 Å². The Hall–Kier alpha value is -2.96. The van der Waals surface area contributed by atoms with Crippen molar-refractivity contribution in [3.05, 3.63) is 57.9 Å². The SMILES string of the molecule is COc1ccccc1-c1cc(F)c([N+](=O)[O-])cc1C(=O)O. The summed E-state index contributed by atoms with van der Waals surface area (Å²) in [5.74, 6) is -2.15. The molecule has 0 radical (unpaired) electrons. The third-order valence-electron chi connectivity index (χ3n) is 2.91. The number of ether oxygens (including phenoxy) is 1. The van der Waals surface area contributed by atoms with Gasteiger partial charge in [-0.15, -0.1) is 0 Å². The van der Waals surface area contributed by atoms with Crippen LogP contribution in [-0.2, 0) is 0 Å². The van der Waals surface area contributed by atoms with Crippen LogP contribution in [0.3, 0.4) is 0 Å². The van der Waals surface area contributed by atoms with Gasteiger partial charge in [0.05, 0.1) is 17.6 Å². The Morgan fingerprint density at radius 1 is 1.29 bits per heavy atom. The van der Waals surface area contributed by atoms with E-state index in [9.17, 15) is 24.4 Å². The van der Waals surface area contributed by atoms with E-state index in [4.69, 9.17) is 4.74 Å². The van der Waals surface area contributed by atoms with Crippen molar-refractivity contribution in [2.75, 3.05) is 7.11 Å². The van der Waals surface area contributed by atoms with Gasteiger partial charge in [-0.05, 0) is 12.1 Å². The Morgan fingerprint density at radius 2 is 1.95 bits per heavy atom. The molecule has 0 aromatic heterocycles. The van der Waals surface area contributed by atoms with Crippen LogP contribution in [0.5, 0.6) is 5.75 Å². The largest absolute Gasteiger partial charge is 0.496 e. The second-order valence-electron chi connectivity index (χ2n) is 4.11. The normalized spacial score (nSPS) is 10.2. The highest BCUT2D eigenvalue weighted by atomic mass is 19.1. The number of carbonyl (C=O) groups is 1. The fourth-order valence-corrected chi connectivity index (χ4v) is 1.97. The van der Waals surface area contributed by atoms with Gasteiger partial charge in [-0.2, -0.15) is 4.39 Å². The number of nitro groups is 1. The third kappa shape index (κ3) is 2.66. The van der Waals surface area contributed by atoms with Crippen molar-refractivity contribution in [1.29, 1.82) is 0 Å². The van der Waals surface area contributed by atoms with Gasteiger partial charge in [-0.3, -0.25) is 10.1 Å². The van der Waals surface area contributed by atoms with E-state index in [1.54, 1.807) is 24.3 Å². The number of nitro benzene ring substituents is 1. The number of hydrogen-bond donors (Lipinski definition) is 1. The second-order valence-corrected chi connectivity index (χ2v) is 4.11. The van der Waals surface area contributed by atoms with Gasteiger partial charge in [-0.25, -0.2) is 4.79 Å². The molecule has 7 heteroatoms. The van der Waals surface area contributed by atoms with Crippen molar-refractivity contribution >= 4 is 11.7 Å². The molecule has 1 N–H and O–H groups in total. The number of hydrogen-bond acceptors (Lipinski definition) is 4. The fraction of sp³-hybridized carbons (Fsp3) is 0.0714. The molecule has 2 aromatic carbocycles. The molecule has 0 aliphatic carbocycles. The van der Waals surface area contributed by atoms with E-state index in [1.807, 2.05) is 0 Å². The smallest absolute Gasteiger partial charge is 0.336 e. The van der Waals surface area contributed by atoms with Crippen LogP contribution in [0, 0.1) is 15.9 Å². The summed E-state index contributed by atoms with van der Waals surface area (Å²) >= 11 is 0. The van der Waals surface area contributed by atoms with Crippen LogP contribution >= 0.6 is 0 Å². The van der Waals surface area contributed by atoms with E-state index in [1.165, 1.54) is 7.11 Å². The first kappa shape index (κ1) is 14.4. The summed E-state index contributed by atoms with van der Waals surface area (Å²) in [5, 5.41) is 19.9. The molecule has 2 aromatic rings. The minimum absolute atomic E-state index is 0.0167. The van der Waals surface area contributed by atoms with Crippen molar-refractivity contribution in [2.24, 2.45) is 0 Å². The van der Waals surface area contributed by atoms with Crippen LogP contribution < -0.4 is 4.74 Å². The van der Waals surface area contributed by atoms with Crippen LogP contribution in [-0.4, -0.2) is 23.1 Å². The lowest BCUT2D eigenvalue weighted by atomic mass is 9.98. The Morgan fingerprint density at radius 3 is 2.52 bits per heavy atom. The van der Waals surface area contributed by atoms with E-state index in [2.05, 4.69) is 0 Å². The molecule has 0 aliphatic rings. The summed E-state index contributed by atoms with van der Waals surface area (Å²) in [6, 6.07) is 7.97. The van der Waals surface area contributed by atoms with Crippen molar-refractivity contribution in [3.63, 3.8) is 0 Å². The maximum atomic E-state index is 13.8. The quantitative estimate of drug-likeness (QED) is 0.690. The second kappa shape index (κ2) is 5.58. The average Bonchev–Trinajstić information content (AvgIpc) is 2.46. The van der Waals surface area contributed by atoms with E-state index in [0.29, 0.717) is 17.4 Å². The van der Waals surface area contributed by atoms with Crippen molar-refractivity contribution in [1.82, 2.24) is 0 Å². The first-order valence-electron chi connectivity index (χ1n) is 5.80. The zero-order valence-electron chi connectivity index (χ0n) is 10.9. The number of methoxy groups -OCH3 is 1. The predicted molar refractivity (Wildman–Crippen MR) is 72.0 cm³/mol. The highest BCUT2D eigenvalue weighted by Crippen LogP contribution is 2.35. The molecule has 21 heavy (non-hydrogen) atoms. The Balaban J connectivity index is 2.76. The monoisotopic (exact) mass is 291 g/mol. The predicted octanol–water partition coefficient (Wildman–Crippen LogP) is 3.11. The molecule has 108 valence electrons. The maximum Gasteiger partial charge on any atom is 0.336 e. The maximum absolute atomic E-state index is 13.8. The van der Waals surface area contributed by atoms with E-state index in [0.717, 1.165) is 6.07 Å². The molecular formula is C14H10FNO5. The number of halogens is 1. The summed E-state index contributed by atoms with van der Waals surface area (Å²) in [6.45, 7) is 0. The van der Waals surface area contributed by atoms with Crippen LogP contribution in [0.2, 0.25) is 0 Å². The molecule has 0 saturated carbocycles. The van der Waals surface area contributed by atoms with Gasteiger partial charge < -0.3 is 9.84 Å². The van der Waals surface area contributed by atoms with Gasteiger partial charge in [-0.1, -0.05) is 18.2 Å². The lowest BCUT2D eigenvalue weighted by molar-refractivity contribution is -0.387. The molecule has 0 amide bonds. The van der Waals surface area contributed by atoms with Crippen LogP contribution in [0.25, 0.3) is 11.1 Å². The number of para-hydroxylation sites is 1. The average molecular weight is 291 g/mol. The molecule has 0 fully saturated rings. The Bertz CT molecular complexity index is 729. The van der Waals surface area contributed by atoms with E-state index in [-0.39, 0.29) is 11.1 Å². The Kier molecular flexibility index (Phi) is 3.84. The van der Waals surface area contributed by atoms with Gasteiger partial charge in [0.1, 0.15) is 5.75 Å². The number of carboxylic acid groups (broad SMARTS) is 1. The summed E-state index contributed by atoms with van der Waals surface area (Å²) < 4.78 is 18.9. The van der Waals surface area contributed by atoms with Gasteiger partial charge >= 0.3 is 11.7 Å². The summed E-state index contributed by atoms with van der Waals surface area (Å²) in [4.78, 5) is 21.0. The molecule has 6 nitrogen and oxygen atoms in total. The summed E-state index contributed by atoms with van der Waals surface area (Å²) in [6.07, 6.45) is 0. The number of carboxylic acids is 1. The van der Waals surface area contributed by atoms with Gasteiger partial charge in [0.2, 0.25) is 5.82 Å². The number of benzene rings is 2. The number of aromatic carboxylic acids is 1. The molecule has 0 unspecified atom stereocenters. The first-order chi connectivity index (χ1) is 9.95. The van der Waals surface area contributed by atoms with E-state index < -0.39 is 22.4 Å². The lowest BCUT2D eigenvalue weighted by Crippen LogP contribution is -2.04. The molecule has 0 bridgehead atoms. The number of rotatable bonds is 4. The molecule has 0 aliphatic heterocycles. The van der Waals surface area contributed by atoms with Crippen LogP contribution in [0.4, 0.5) is 10.1 Å². The fourth-order valence-electron chi connectivity index (χ4n) is 1.97. The minimum atomic E-state index is -1.39. The zero-order chi connectivity index (χ0) is 15.6. The van der Waals surface area contributed by atoms with Gasteiger partial charge in [0, 0.05) is 17.2 Å².